The summed E-state index contributed by atoms with van der Waals surface area (Å²) in [7, 11) is 0. The van der Waals surface area contributed by atoms with Crippen LogP contribution in [0.3, 0.4) is 0 Å². The molecule has 1 heteroatoms. The molecule has 0 saturated carbocycles. The Morgan fingerprint density at radius 3 is 0.727 bits per heavy atom. The third-order valence-corrected chi connectivity index (χ3v) is 10.7. The summed E-state index contributed by atoms with van der Waals surface area (Å²) in [5, 5.41) is 0. The van der Waals surface area contributed by atoms with Crippen LogP contribution in [0.1, 0.15) is 260 Å². The minimum absolute atomic E-state index is 0.306. The van der Waals surface area contributed by atoms with Crippen LogP contribution in [0, 0.1) is 0 Å². The topological polar surface area (TPSA) is 3.24 Å². The Morgan fingerprint density at radius 1 is 0.273 bits per heavy atom. The third kappa shape index (κ3) is 27.1. The van der Waals surface area contributed by atoms with Crippen LogP contribution in [0.5, 0.6) is 0 Å². The van der Waals surface area contributed by atoms with Crippen LogP contribution < -0.4 is 0 Å². The van der Waals surface area contributed by atoms with Gasteiger partial charge in [-0.3, -0.25) is 4.90 Å². The van der Waals surface area contributed by atoms with Crippen LogP contribution in [0.2, 0.25) is 0 Å². The Morgan fingerprint density at radius 2 is 0.477 bits per heavy atom. The number of nitrogens with zero attached hydrogens (tertiary/aromatic N) is 1. The monoisotopic (exact) mass is 620 g/mol. The fourth-order valence-electron chi connectivity index (χ4n) is 7.72. The predicted octanol–water partition coefficient (Wildman–Crippen LogP) is 15.8. The zero-order valence-electron chi connectivity index (χ0n) is 32.5. The lowest BCUT2D eigenvalue weighted by atomic mass is 9.85. The smallest absolute Gasteiger partial charge is 0.0158 e. The molecule has 0 aromatic heterocycles. The molecule has 0 fully saturated rings. The van der Waals surface area contributed by atoms with Gasteiger partial charge >= 0.3 is 0 Å². The normalized spacial score (nSPS) is 12.5. The van der Waals surface area contributed by atoms with Gasteiger partial charge in [0.1, 0.15) is 0 Å². The second kappa shape index (κ2) is 31.6. The molecule has 0 bridgehead atoms. The molecule has 0 radical (unpaired) electrons. The van der Waals surface area contributed by atoms with Crippen molar-refractivity contribution in [2.45, 2.75) is 271 Å². The van der Waals surface area contributed by atoms with Crippen molar-refractivity contribution in [2.24, 2.45) is 0 Å². The van der Waals surface area contributed by atoms with Gasteiger partial charge in [0.15, 0.2) is 0 Å². The molecule has 0 aromatic carbocycles. The summed E-state index contributed by atoms with van der Waals surface area (Å²) in [4.78, 5) is 2.98. The minimum Gasteiger partial charge on any atom is -0.293 e. The molecule has 0 aliphatic rings. The van der Waals surface area contributed by atoms with E-state index < -0.39 is 0 Å². The number of unbranched alkanes of at least 4 members (excludes halogenated alkanes) is 28. The van der Waals surface area contributed by atoms with Crippen LogP contribution in [0.4, 0.5) is 0 Å². The second-order valence-corrected chi connectivity index (χ2v) is 16.2. The van der Waals surface area contributed by atoms with Gasteiger partial charge in [0.25, 0.3) is 0 Å². The average Bonchev–Trinajstić information content (AvgIpc) is 2.99. The summed E-state index contributed by atoms with van der Waals surface area (Å²) in [6, 6.07) is 0. The van der Waals surface area contributed by atoms with Gasteiger partial charge < -0.3 is 0 Å². The van der Waals surface area contributed by atoms with Gasteiger partial charge in [-0.15, -0.1) is 0 Å². The van der Waals surface area contributed by atoms with Crippen LogP contribution in [0.25, 0.3) is 0 Å². The fourth-order valence-corrected chi connectivity index (χ4v) is 7.72. The van der Waals surface area contributed by atoms with E-state index >= 15 is 0 Å². The van der Waals surface area contributed by atoms with E-state index in [4.69, 9.17) is 0 Å². The largest absolute Gasteiger partial charge is 0.293 e. The van der Waals surface area contributed by atoms with Gasteiger partial charge in [-0.1, -0.05) is 213 Å². The molecule has 0 unspecified atom stereocenters. The van der Waals surface area contributed by atoms with Gasteiger partial charge in [-0.2, -0.15) is 0 Å². The highest BCUT2D eigenvalue weighted by Crippen LogP contribution is 2.34. The summed E-state index contributed by atoms with van der Waals surface area (Å²) in [6.07, 6.45) is 47.3. The minimum atomic E-state index is 0.306. The predicted molar refractivity (Wildman–Crippen MR) is 204 cm³/mol. The first kappa shape index (κ1) is 44.0. The van der Waals surface area contributed by atoms with E-state index in [1.807, 2.05) is 0 Å². The van der Waals surface area contributed by atoms with E-state index in [1.165, 1.54) is 218 Å². The molecule has 0 aliphatic carbocycles. The van der Waals surface area contributed by atoms with Crippen molar-refractivity contribution in [3.05, 3.63) is 0 Å². The first-order valence-electron chi connectivity index (χ1n) is 21.1. The first-order valence-corrected chi connectivity index (χ1v) is 21.1. The summed E-state index contributed by atoms with van der Waals surface area (Å²) >= 11 is 0. The molecule has 0 heterocycles. The Hall–Kier alpha value is -0.0400. The van der Waals surface area contributed by atoms with Gasteiger partial charge in [0.05, 0.1) is 0 Å². The SMILES string of the molecule is CCCCCCCCCCCCCC(C)(C)N(CCCCCCCCCCC)C(C)(C)CCCCCCCCCCCCC. The van der Waals surface area contributed by atoms with Crippen molar-refractivity contribution < 1.29 is 0 Å². The Balaban J connectivity index is 4.54. The Bertz CT molecular complexity index is 511. The molecule has 0 saturated heterocycles. The molecule has 0 aliphatic heterocycles. The first-order chi connectivity index (χ1) is 21.3. The molecule has 1 nitrogen and oxygen atoms in total. The van der Waals surface area contributed by atoms with Crippen molar-refractivity contribution in [3.63, 3.8) is 0 Å². The maximum Gasteiger partial charge on any atom is 0.0158 e. The van der Waals surface area contributed by atoms with Gasteiger partial charge in [0.2, 0.25) is 0 Å². The van der Waals surface area contributed by atoms with E-state index in [9.17, 15) is 0 Å². The lowest BCUT2D eigenvalue weighted by molar-refractivity contribution is 0.00151. The standard InChI is InChI=1S/C43H89N/c1-8-11-14-17-20-23-25-27-30-33-36-39-42(4,5)44(41-38-35-32-29-22-19-16-13-10-3)43(6,7)40-37-34-31-28-26-24-21-18-15-12-9-2/h8-41H2,1-7H3. The van der Waals surface area contributed by atoms with Crippen molar-refractivity contribution in [1.82, 2.24) is 4.90 Å². The molecule has 0 aromatic rings. The Labute approximate surface area is 282 Å². The van der Waals surface area contributed by atoms with Gasteiger partial charge in [-0.25, -0.2) is 0 Å². The zero-order chi connectivity index (χ0) is 32.6. The fraction of sp³-hybridized carbons (Fsp3) is 1.00. The number of hydrogen-bond donors (Lipinski definition) is 0. The molecule has 0 amide bonds. The molecular formula is C43H89N. The number of hydrogen-bond acceptors (Lipinski definition) is 1. The van der Waals surface area contributed by atoms with E-state index in [0.29, 0.717) is 11.1 Å². The molecule has 0 N–H and O–H groups in total. The highest BCUT2D eigenvalue weighted by molar-refractivity contribution is 4.92. The summed E-state index contributed by atoms with van der Waals surface area (Å²) in [5.41, 5.74) is 0.613. The summed E-state index contributed by atoms with van der Waals surface area (Å²) in [5.74, 6) is 0. The average molecular weight is 620 g/mol. The lowest BCUT2D eigenvalue weighted by Crippen LogP contribution is -2.55. The van der Waals surface area contributed by atoms with E-state index in [2.05, 4.69) is 53.4 Å². The molecule has 44 heavy (non-hydrogen) atoms. The third-order valence-electron chi connectivity index (χ3n) is 10.7. The van der Waals surface area contributed by atoms with Gasteiger partial charge in [0, 0.05) is 11.1 Å². The molecule has 0 atom stereocenters. The maximum atomic E-state index is 2.98. The van der Waals surface area contributed by atoms with Crippen molar-refractivity contribution in [3.8, 4) is 0 Å². The second-order valence-electron chi connectivity index (χ2n) is 16.2. The maximum absolute atomic E-state index is 2.98. The Kier molecular flexibility index (Phi) is 31.5. The molecule has 0 rings (SSSR count). The van der Waals surface area contributed by atoms with Crippen LogP contribution in [-0.4, -0.2) is 22.5 Å². The van der Waals surface area contributed by atoms with E-state index in [-0.39, 0.29) is 0 Å². The summed E-state index contributed by atoms with van der Waals surface area (Å²) < 4.78 is 0. The highest BCUT2D eigenvalue weighted by Gasteiger charge is 2.36. The van der Waals surface area contributed by atoms with Crippen molar-refractivity contribution >= 4 is 0 Å². The van der Waals surface area contributed by atoms with Crippen molar-refractivity contribution in [2.75, 3.05) is 6.54 Å². The highest BCUT2D eigenvalue weighted by atomic mass is 15.2. The lowest BCUT2D eigenvalue weighted by Gasteiger charge is -2.49. The van der Waals surface area contributed by atoms with Crippen LogP contribution in [-0.2, 0) is 0 Å². The summed E-state index contributed by atoms with van der Waals surface area (Å²) in [6.45, 7) is 18.6. The van der Waals surface area contributed by atoms with Gasteiger partial charge in [-0.05, 0) is 53.5 Å². The number of rotatable bonds is 36. The van der Waals surface area contributed by atoms with Crippen molar-refractivity contribution in [1.29, 1.82) is 0 Å². The van der Waals surface area contributed by atoms with E-state index in [0.717, 1.165) is 0 Å². The van der Waals surface area contributed by atoms with Crippen LogP contribution >= 0.6 is 0 Å². The molecule has 0 spiro atoms. The van der Waals surface area contributed by atoms with E-state index in [1.54, 1.807) is 0 Å². The zero-order valence-corrected chi connectivity index (χ0v) is 32.5. The van der Waals surface area contributed by atoms with Crippen LogP contribution in [0.15, 0.2) is 0 Å². The molecule has 266 valence electrons. The quantitative estimate of drug-likeness (QED) is 0.0631. The molecular weight excluding hydrogens is 530 g/mol.